The molecule has 92 valence electrons. The molecule has 1 aliphatic rings. The van der Waals surface area contributed by atoms with E-state index in [0.29, 0.717) is 6.61 Å². The first-order chi connectivity index (χ1) is 7.80. The van der Waals surface area contributed by atoms with Crippen LogP contribution in [0, 0.1) is 0 Å². The number of hydrogen-bond acceptors (Lipinski definition) is 2. The van der Waals surface area contributed by atoms with Crippen LogP contribution in [-0.2, 0) is 10.9 Å². The second-order valence-electron chi connectivity index (χ2n) is 4.56. The second-order valence-corrected chi connectivity index (χ2v) is 4.56. The summed E-state index contributed by atoms with van der Waals surface area (Å²) in [4.78, 5) is 4.16. The Morgan fingerprint density at radius 3 is 2.41 bits per heavy atom. The van der Waals surface area contributed by atoms with E-state index in [9.17, 15) is 13.2 Å². The highest BCUT2D eigenvalue weighted by molar-refractivity contribution is 5.97. The molecule has 17 heavy (non-hydrogen) atoms. The molecule has 0 bridgehead atoms. The SMILES string of the molecule is CC1(C)COC(c2ccccc2C(F)(F)F)=N1. The lowest BCUT2D eigenvalue weighted by molar-refractivity contribution is -0.137. The van der Waals surface area contributed by atoms with Gasteiger partial charge in [0.2, 0.25) is 5.90 Å². The fourth-order valence-corrected chi connectivity index (χ4v) is 1.64. The van der Waals surface area contributed by atoms with Crippen LogP contribution >= 0.6 is 0 Å². The van der Waals surface area contributed by atoms with Crippen LogP contribution in [-0.4, -0.2) is 18.0 Å². The van der Waals surface area contributed by atoms with Crippen LogP contribution in [0.5, 0.6) is 0 Å². The minimum absolute atomic E-state index is 0.00516. The summed E-state index contributed by atoms with van der Waals surface area (Å²) in [6.07, 6.45) is -4.39. The Morgan fingerprint density at radius 2 is 1.88 bits per heavy atom. The Hall–Kier alpha value is -1.52. The Bertz CT molecular complexity index is 463. The van der Waals surface area contributed by atoms with Gasteiger partial charge in [-0.1, -0.05) is 12.1 Å². The van der Waals surface area contributed by atoms with Crippen LogP contribution in [0.4, 0.5) is 13.2 Å². The fraction of sp³-hybridized carbons (Fsp3) is 0.417. The molecule has 1 heterocycles. The van der Waals surface area contributed by atoms with Gasteiger partial charge in [0, 0.05) is 5.56 Å². The summed E-state index contributed by atoms with van der Waals surface area (Å²) >= 11 is 0. The van der Waals surface area contributed by atoms with Gasteiger partial charge in [0.05, 0.1) is 11.1 Å². The standard InChI is InChI=1S/C12H12F3NO/c1-11(2)7-17-10(16-11)8-5-3-4-6-9(8)12(13,14)15/h3-6H,7H2,1-2H3. The third-order valence-electron chi connectivity index (χ3n) is 2.43. The van der Waals surface area contributed by atoms with E-state index in [-0.39, 0.29) is 11.5 Å². The lowest BCUT2D eigenvalue weighted by Crippen LogP contribution is -2.17. The summed E-state index contributed by atoms with van der Waals surface area (Å²) in [5.41, 5.74) is -1.17. The van der Waals surface area contributed by atoms with Gasteiger partial charge in [0.15, 0.2) is 0 Å². The van der Waals surface area contributed by atoms with Gasteiger partial charge < -0.3 is 4.74 Å². The fourth-order valence-electron chi connectivity index (χ4n) is 1.64. The minimum Gasteiger partial charge on any atom is -0.475 e. The van der Waals surface area contributed by atoms with Crippen LogP contribution < -0.4 is 0 Å². The number of aliphatic imine (C=N–C) groups is 1. The number of ether oxygens (including phenoxy) is 1. The molecule has 0 saturated carbocycles. The van der Waals surface area contributed by atoms with E-state index in [4.69, 9.17) is 4.74 Å². The lowest BCUT2D eigenvalue weighted by atomic mass is 10.1. The molecule has 0 atom stereocenters. The molecule has 0 radical (unpaired) electrons. The molecule has 0 N–H and O–H groups in total. The van der Waals surface area contributed by atoms with Crippen LogP contribution in [0.1, 0.15) is 25.0 Å². The summed E-state index contributed by atoms with van der Waals surface area (Å²) in [5, 5.41) is 0. The summed E-state index contributed by atoms with van der Waals surface area (Å²) in [7, 11) is 0. The van der Waals surface area contributed by atoms with Gasteiger partial charge >= 0.3 is 6.18 Å². The van der Waals surface area contributed by atoms with E-state index >= 15 is 0 Å². The molecule has 1 aromatic carbocycles. The van der Waals surface area contributed by atoms with Crippen molar-refractivity contribution in [3.8, 4) is 0 Å². The van der Waals surface area contributed by atoms with Crippen molar-refractivity contribution in [2.45, 2.75) is 25.6 Å². The number of hydrogen-bond donors (Lipinski definition) is 0. The van der Waals surface area contributed by atoms with E-state index in [1.165, 1.54) is 12.1 Å². The first kappa shape index (κ1) is 12.0. The van der Waals surface area contributed by atoms with Gasteiger partial charge in [-0.15, -0.1) is 0 Å². The van der Waals surface area contributed by atoms with Crippen LogP contribution in [0.3, 0.4) is 0 Å². The molecule has 1 aromatic rings. The van der Waals surface area contributed by atoms with Crippen LogP contribution in [0.15, 0.2) is 29.3 Å². The Kier molecular flexibility index (Phi) is 2.64. The van der Waals surface area contributed by atoms with E-state index < -0.39 is 17.3 Å². The zero-order chi connectivity index (χ0) is 12.7. The van der Waals surface area contributed by atoms with Gasteiger partial charge in [-0.3, -0.25) is 0 Å². The van der Waals surface area contributed by atoms with Gasteiger partial charge in [0.1, 0.15) is 6.61 Å². The largest absolute Gasteiger partial charge is 0.475 e. The zero-order valence-corrected chi connectivity index (χ0v) is 9.51. The Balaban J connectivity index is 2.47. The third kappa shape index (κ3) is 2.43. The van der Waals surface area contributed by atoms with Crippen molar-refractivity contribution in [2.24, 2.45) is 4.99 Å². The van der Waals surface area contributed by atoms with Crippen LogP contribution in [0.25, 0.3) is 0 Å². The van der Waals surface area contributed by atoms with Crippen molar-refractivity contribution in [3.63, 3.8) is 0 Å². The smallest absolute Gasteiger partial charge is 0.417 e. The quantitative estimate of drug-likeness (QED) is 0.741. The van der Waals surface area contributed by atoms with E-state index in [0.717, 1.165) is 6.07 Å². The minimum atomic E-state index is -4.39. The topological polar surface area (TPSA) is 21.6 Å². The van der Waals surface area contributed by atoms with Crippen molar-refractivity contribution in [3.05, 3.63) is 35.4 Å². The van der Waals surface area contributed by atoms with Gasteiger partial charge in [0.25, 0.3) is 0 Å². The molecule has 0 saturated heterocycles. The Morgan fingerprint density at radius 1 is 1.24 bits per heavy atom. The molecule has 0 aromatic heterocycles. The highest BCUT2D eigenvalue weighted by atomic mass is 19.4. The van der Waals surface area contributed by atoms with Crippen molar-refractivity contribution in [1.82, 2.24) is 0 Å². The van der Waals surface area contributed by atoms with Crippen molar-refractivity contribution < 1.29 is 17.9 Å². The number of alkyl halides is 3. The maximum absolute atomic E-state index is 12.8. The number of nitrogens with zero attached hydrogens (tertiary/aromatic N) is 1. The van der Waals surface area contributed by atoms with Crippen molar-refractivity contribution in [2.75, 3.05) is 6.61 Å². The molecule has 2 rings (SSSR count). The average molecular weight is 243 g/mol. The van der Waals surface area contributed by atoms with E-state index in [2.05, 4.69) is 4.99 Å². The van der Waals surface area contributed by atoms with Crippen molar-refractivity contribution >= 4 is 5.90 Å². The molecule has 0 spiro atoms. The summed E-state index contributed by atoms with van der Waals surface area (Å²) in [6, 6.07) is 5.31. The summed E-state index contributed by atoms with van der Waals surface area (Å²) < 4.78 is 43.6. The highest BCUT2D eigenvalue weighted by Crippen LogP contribution is 2.33. The first-order valence-electron chi connectivity index (χ1n) is 5.19. The molecule has 2 nitrogen and oxygen atoms in total. The number of rotatable bonds is 1. The lowest BCUT2D eigenvalue weighted by Gasteiger charge is -2.11. The summed E-state index contributed by atoms with van der Waals surface area (Å²) in [5.74, 6) is 0.0722. The zero-order valence-electron chi connectivity index (χ0n) is 9.51. The van der Waals surface area contributed by atoms with Gasteiger partial charge in [-0.05, 0) is 26.0 Å². The predicted molar refractivity (Wildman–Crippen MR) is 58.0 cm³/mol. The highest BCUT2D eigenvalue weighted by Gasteiger charge is 2.37. The maximum Gasteiger partial charge on any atom is 0.417 e. The second kappa shape index (κ2) is 3.75. The van der Waals surface area contributed by atoms with E-state index in [1.54, 1.807) is 6.07 Å². The number of benzene rings is 1. The summed E-state index contributed by atoms with van der Waals surface area (Å²) in [6.45, 7) is 3.93. The van der Waals surface area contributed by atoms with Crippen molar-refractivity contribution in [1.29, 1.82) is 0 Å². The first-order valence-corrected chi connectivity index (χ1v) is 5.19. The average Bonchev–Trinajstić information content (AvgIpc) is 2.58. The Labute approximate surface area is 97.1 Å². The molecule has 0 unspecified atom stereocenters. The van der Waals surface area contributed by atoms with Gasteiger partial charge in [-0.2, -0.15) is 13.2 Å². The van der Waals surface area contributed by atoms with Gasteiger partial charge in [-0.25, -0.2) is 4.99 Å². The maximum atomic E-state index is 12.8. The predicted octanol–water partition coefficient (Wildman–Crippen LogP) is 3.26. The third-order valence-corrected chi connectivity index (χ3v) is 2.43. The molecule has 0 fully saturated rings. The number of halogens is 3. The van der Waals surface area contributed by atoms with E-state index in [1.807, 2.05) is 13.8 Å². The van der Waals surface area contributed by atoms with Crippen LogP contribution in [0.2, 0.25) is 0 Å². The molecular formula is C12H12F3NO. The normalized spacial score (nSPS) is 18.8. The molecular weight excluding hydrogens is 231 g/mol. The molecule has 1 aliphatic heterocycles. The molecule has 0 aliphatic carbocycles. The molecule has 0 amide bonds. The molecule has 5 heteroatoms. The monoisotopic (exact) mass is 243 g/mol.